The number of carbonyl (C=O) groups excluding carboxylic acids is 1. The average Bonchev–Trinajstić information content (AvgIpc) is 2.75. The standard InChI is InChI=1S/C22H20N4O2/c23-15-18-5-7-19(8-6-18)16-28-26-22(27)20-3-1-2-4-21(20)25-14-11-17-9-12-24-13-10-17/h1-10,12-13,25H,11,14,16H2,(H,26,27). The van der Waals surface area contributed by atoms with Crippen LogP contribution < -0.4 is 10.8 Å². The summed E-state index contributed by atoms with van der Waals surface area (Å²) < 4.78 is 0. The van der Waals surface area contributed by atoms with E-state index in [0.29, 0.717) is 17.7 Å². The average molecular weight is 372 g/mol. The number of rotatable bonds is 8. The van der Waals surface area contributed by atoms with Crippen molar-refractivity contribution in [3.8, 4) is 6.07 Å². The topological polar surface area (TPSA) is 87.0 Å². The first-order valence-electron chi connectivity index (χ1n) is 8.89. The van der Waals surface area contributed by atoms with E-state index < -0.39 is 0 Å². The fraction of sp³-hybridized carbons (Fsp3) is 0.136. The highest BCUT2D eigenvalue weighted by molar-refractivity contribution is 5.99. The monoisotopic (exact) mass is 372 g/mol. The fourth-order valence-corrected chi connectivity index (χ4v) is 2.64. The van der Waals surface area contributed by atoms with Crippen LogP contribution in [0.4, 0.5) is 5.69 Å². The van der Waals surface area contributed by atoms with E-state index in [2.05, 4.69) is 21.9 Å². The molecule has 0 bridgehead atoms. The third-order valence-corrected chi connectivity index (χ3v) is 4.14. The molecule has 1 aromatic heterocycles. The summed E-state index contributed by atoms with van der Waals surface area (Å²) in [7, 11) is 0. The van der Waals surface area contributed by atoms with E-state index in [4.69, 9.17) is 10.1 Å². The maximum absolute atomic E-state index is 12.5. The van der Waals surface area contributed by atoms with Crippen molar-refractivity contribution in [2.45, 2.75) is 13.0 Å². The first-order valence-corrected chi connectivity index (χ1v) is 8.89. The zero-order chi connectivity index (χ0) is 19.6. The van der Waals surface area contributed by atoms with E-state index in [0.717, 1.165) is 17.7 Å². The van der Waals surface area contributed by atoms with E-state index in [1.54, 1.807) is 42.7 Å². The van der Waals surface area contributed by atoms with Gasteiger partial charge in [-0.2, -0.15) is 5.26 Å². The number of nitrogens with one attached hydrogen (secondary N) is 2. The summed E-state index contributed by atoms with van der Waals surface area (Å²) in [5.41, 5.74) is 6.35. The number of carbonyl (C=O) groups is 1. The molecule has 0 aliphatic carbocycles. The Morgan fingerprint density at radius 2 is 1.75 bits per heavy atom. The zero-order valence-corrected chi connectivity index (χ0v) is 15.3. The first kappa shape index (κ1) is 19.1. The van der Waals surface area contributed by atoms with E-state index in [1.165, 1.54) is 5.56 Å². The van der Waals surface area contributed by atoms with Crippen LogP contribution in [0.3, 0.4) is 0 Å². The normalized spacial score (nSPS) is 10.1. The molecule has 140 valence electrons. The summed E-state index contributed by atoms with van der Waals surface area (Å²) >= 11 is 0. The van der Waals surface area contributed by atoms with Crippen molar-refractivity contribution < 1.29 is 9.63 Å². The molecule has 0 radical (unpaired) electrons. The third kappa shape index (κ3) is 5.40. The molecule has 3 aromatic rings. The predicted octanol–water partition coefficient (Wildman–Crippen LogP) is 3.47. The van der Waals surface area contributed by atoms with Crippen molar-refractivity contribution in [1.82, 2.24) is 10.5 Å². The van der Waals surface area contributed by atoms with Gasteiger partial charge < -0.3 is 5.32 Å². The van der Waals surface area contributed by atoms with Crippen LogP contribution in [0.2, 0.25) is 0 Å². The predicted molar refractivity (Wildman–Crippen MR) is 106 cm³/mol. The Labute approximate surface area is 163 Å². The van der Waals surface area contributed by atoms with Crippen LogP contribution in [0.25, 0.3) is 0 Å². The molecule has 0 spiro atoms. The van der Waals surface area contributed by atoms with Gasteiger partial charge in [-0.3, -0.25) is 14.6 Å². The highest BCUT2D eigenvalue weighted by Crippen LogP contribution is 2.15. The Kier molecular flexibility index (Phi) is 6.72. The molecule has 0 aliphatic heterocycles. The number of aromatic nitrogens is 1. The van der Waals surface area contributed by atoms with Crippen molar-refractivity contribution in [1.29, 1.82) is 5.26 Å². The lowest BCUT2D eigenvalue weighted by atomic mass is 10.1. The van der Waals surface area contributed by atoms with Crippen molar-refractivity contribution >= 4 is 11.6 Å². The first-order chi connectivity index (χ1) is 13.8. The highest BCUT2D eigenvalue weighted by Gasteiger charge is 2.11. The van der Waals surface area contributed by atoms with Gasteiger partial charge >= 0.3 is 0 Å². The number of hydrogen-bond acceptors (Lipinski definition) is 5. The van der Waals surface area contributed by atoms with Gasteiger partial charge in [0.15, 0.2) is 0 Å². The molecule has 6 heteroatoms. The van der Waals surface area contributed by atoms with Gasteiger partial charge in [-0.1, -0.05) is 24.3 Å². The minimum absolute atomic E-state index is 0.217. The molecular weight excluding hydrogens is 352 g/mol. The SMILES string of the molecule is N#Cc1ccc(CONC(=O)c2ccccc2NCCc2ccncc2)cc1. The van der Waals surface area contributed by atoms with Gasteiger partial charge in [0, 0.05) is 24.6 Å². The Morgan fingerprint density at radius 1 is 1.00 bits per heavy atom. The number of para-hydroxylation sites is 1. The quantitative estimate of drug-likeness (QED) is 0.591. The van der Waals surface area contributed by atoms with Crippen molar-refractivity contribution in [2.75, 3.05) is 11.9 Å². The third-order valence-electron chi connectivity index (χ3n) is 4.14. The largest absolute Gasteiger partial charge is 0.384 e. The molecule has 2 N–H and O–H groups in total. The maximum atomic E-state index is 12.5. The van der Waals surface area contributed by atoms with Crippen LogP contribution in [0.5, 0.6) is 0 Å². The number of nitrogens with zero attached hydrogens (tertiary/aromatic N) is 2. The molecule has 1 heterocycles. The van der Waals surface area contributed by atoms with Crippen LogP contribution in [-0.4, -0.2) is 17.4 Å². The number of benzene rings is 2. The molecule has 0 saturated carbocycles. The molecule has 6 nitrogen and oxygen atoms in total. The second kappa shape index (κ2) is 9.86. The molecule has 3 rings (SSSR count). The number of nitriles is 1. The van der Waals surface area contributed by atoms with Gasteiger partial charge in [0.2, 0.25) is 0 Å². The molecule has 1 amide bonds. The molecule has 28 heavy (non-hydrogen) atoms. The maximum Gasteiger partial charge on any atom is 0.276 e. The summed E-state index contributed by atoms with van der Waals surface area (Å²) in [6.07, 6.45) is 4.36. The Balaban J connectivity index is 1.52. The van der Waals surface area contributed by atoms with Gasteiger partial charge in [0.1, 0.15) is 0 Å². The summed E-state index contributed by atoms with van der Waals surface area (Å²) in [6, 6.07) is 20.3. The van der Waals surface area contributed by atoms with Gasteiger partial charge in [0.25, 0.3) is 5.91 Å². The molecule has 0 unspecified atom stereocenters. The lowest BCUT2D eigenvalue weighted by Gasteiger charge is -2.12. The smallest absolute Gasteiger partial charge is 0.276 e. The summed E-state index contributed by atoms with van der Waals surface area (Å²) in [5, 5.41) is 12.1. The van der Waals surface area contributed by atoms with E-state index in [-0.39, 0.29) is 12.5 Å². The van der Waals surface area contributed by atoms with E-state index >= 15 is 0 Å². The van der Waals surface area contributed by atoms with Gasteiger partial charge in [0.05, 0.1) is 23.8 Å². The Morgan fingerprint density at radius 3 is 2.50 bits per heavy atom. The van der Waals surface area contributed by atoms with Gasteiger partial charge in [-0.25, -0.2) is 5.48 Å². The summed E-state index contributed by atoms with van der Waals surface area (Å²) in [4.78, 5) is 21.8. The van der Waals surface area contributed by atoms with Crippen LogP contribution in [0, 0.1) is 11.3 Å². The zero-order valence-electron chi connectivity index (χ0n) is 15.3. The van der Waals surface area contributed by atoms with Gasteiger partial charge in [-0.05, 0) is 53.9 Å². The van der Waals surface area contributed by atoms with Crippen LogP contribution in [0.15, 0.2) is 73.1 Å². The Bertz CT molecular complexity index is 950. The van der Waals surface area contributed by atoms with Crippen LogP contribution >= 0.6 is 0 Å². The number of hydroxylamine groups is 1. The van der Waals surface area contributed by atoms with Crippen molar-refractivity contribution in [2.24, 2.45) is 0 Å². The molecule has 0 aliphatic rings. The minimum atomic E-state index is -0.319. The second-order valence-electron chi connectivity index (χ2n) is 6.11. The van der Waals surface area contributed by atoms with Crippen molar-refractivity contribution in [3.63, 3.8) is 0 Å². The van der Waals surface area contributed by atoms with E-state index in [9.17, 15) is 4.79 Å². The van der Waals surface area contributed by atoms with Crippen LogP contribution in [-0.2, 0) is 17.9 Å². The second-order valence-corrected chi connectivity index (χ2v) is 6.11. The lowest BCUT2D eigenvalue weighted by Crippen LogP contribution is -2.24. The molecule has 0 fully saturated rings. The number of amides is 1. The number of anilines is 1. The Hall–Kier alpha value is -3.69. The molecular formula is C22H20N4O2. The van der Waals surface area contributed by atoms with Crippen molar-refractivity contribution in [3.05, 3.63) is 95.3 Å². The minimum Gasteiger partial charge on any atom is -0.384 e. The van der Waals surface area contributed by atoms with Gasteiger partial charge in [-0.15, -0.1) is 0 Å². The van der Waals surface area contributed by atoms with E-state index in [1.807, 2.05) is 30.3 Å². The summed E-state index contributed by atoms with van der Waals surface area (Å²) in [5.74, 6) is -0.319. The lowest BCUT2D eigenvalue weighted by molar-refractivity contribution is 0.0234. The summed E-state index contributed by atoms with van der Waals surface area (Å²) in [6.45, 7) is 0.912. The molecule has 2 aromatic carbocycles. The number of hydrogen-bond donors (Lipinski definition) is 2. The fourth-order valence-electron chi connectivity index (χ4n) is 2.64. The molecule has 0 saturated heterocycles. The highest BCUT2D eigenvalue weighted by atomic mass is 16.6. The van der Waals surface area contributed by atoms with Crippen LogP contribution in [0.1, 0.15) is 27.0 Å². The number of pyridine rings is 1. The molecule has 0 atom stereocenters.